The van der Waals surface area contributed by atoms with Crippen LogP contribution in [0.3, 0.4) is 0 Å². The maximum absolute atomic E-state index is 8.82. The third-order valence-corrected chi connectivity index (χ3v) is 3.88. The number of benzene rings is 2. The fourth-order valence-electron chi connectivity index (χ4n) is 2.19. The summed E-state index contributed by atoms with van der Waals surface area (Å²) in [5.74, 6) is 0. The van der Waals surface area contributed by atoms with Crippen molar-refractivity contribution in [2.45, 2.75) is 25.9 Å². The van der Waals surface area contributed by atoms with Crippen molar-refractivity contribution >= 4 is 15.9 Å². The molecule has 2 atom stereocenters. The van der Waals surface area contributed by atoms with Crippen molar-refractivity contribution in [1.29, 1.82) is 5.26 Å². The van der Waals surface area contributed by atoms with Gasteiger partial charge in [0.1, 0.15) is 0 Å². The second kappa shape index (κ2) is 6.69. The van der Waals surface area contributed by atoms with Gasteiger partial charge in [-0.1, -0.05) is 40.2 Å². The van der Waals surface area contributed by atoms with Crippen LogP contribution >= 0.6 is 15.9 Å². The van der Waals surface area contributed by atoms with Gasteiger partial charge in [0.25, 0.3) is 0 Å². The van der Waals surface area contributed by atoms with E-state index >= 15 is 0 Å². The van der Waals surface area contributed by atoms with Crippen LogP contribution in [-0.4, -0.2) is 0 Å². The lowest BCUT2D eigenvalue weighted by Crippen LogP contribution is -2.22. The Morgan fingerprint density at radius 3 is 2.25 bits per heavy atom. The number of nitrogens with zero attached hydrogens (tertiary/aromatic N) is 1. The first-order valence-corrected chi connectivity index (χ1v) is 7.41. The van der Waals surface area contributed by atoms with Crippen LogP contribution in [0.2, 0.25) is 0 Å². The molecule has 0 aliphatic carbocycles. The van der Waals surface area contributed by atoms with Crippen molar-refractivity contribution in [1.82, 2.24) is 5.32 Å². The highest BCUT2D eigenvalue weighted by atomic mass is 79.9. The van der Waals surface area contributed by atoms with Gasteiger partial charge in [0.05, 0.1) is 11.6 Å². The number of nitriles is 1. The lowest BCUT2D eigenvalue weighted by molar-refractivity contribution is 0.494. The van der Waals surface area contributed by atoms with Gasteiger partial charge in [-0.3, -0.25) is 0 Å². The zero-order valence-corrected chi connectivity index (χ0v) is 13.2. The minimum absolute atomic E-state index is 0.233. The molecule has 2 rings (SSSR count). The van der Waals surface area contributed by atoms with Crippen molar-refractivity contribution in [2.24, 2.45) is 0 Å². The van der Waals surface area contributed by atoms with Gasteiger partial charge in [-0.25, -0.2) is 0 Å². The van der Waals surface area contributed by atoms with Gasteiger partial charge in [0.15, 0.2) is 0 Å². The molecule has 0 spiro atoms. The van der Waals surface area contributed by atoms with E-state index in [2.05, 4.69) is 53.3 Å². The van der Waals surface area contributed by atoms with E-state index in [1.807, 2.05) is 36.4 Å². The van der Waals surface area contributed by atoms with Gasteiger partial charge < -0.3 is 5.32 Å². The minimum atomic E-state index is 0.233. The SMILES string of the molecule is CC(N[C@@H](C)c1cccc(Br)c1)c1ccc(C#N)cc1. The van der Waals surface area contributed by atoms with Crippen molar-refractivity contribution < 1.29 is 0 Å². The summed E-state index contributed by atoms with van der Waals surface area (Å²) in [7, 11) is 0. The summed E-state index contributed by atoms with van der Waals surface area (Å²) in [5, 5.41) is 12.4. The smallest absolute Gasteiger partial charge is 0.0991 e. The molecule has 0 heterocycles. The standard InChI is InChI=1S/C17H17BrN2/c1-12(15-8-6-14(11-19)7-9-15)20-13(2)16-4-3-5-17(18)10-16/h3-10,12-13,20H,1-2H3/t12?,13-/m0/s1. The van der Waals surface area contributed by atoms with Gasteiger partial charge in [0.2, 0.25) is 0 Å². The zero-order valence-electron chi connectivity index (χ0n) is 11.6. The molecule has 3 heteroatoms. The zero-order chi connectivity index (χ0) is 14.5. The predicted octanol–water partition coefficient (Wildman–Crippen LogP) is 4.73. The summed E-state index contributed by atoms with van der Waals surface area (Å²) >= 11 is 3.50. The topological polar surface area (TPSA) is 35.8 Å². The summed E-state index contributed by atoms with van der Waals surface area (Å²) in [4.78, 5) is 0. The van der Waals surface area contributed by atoms with Crippen LogP contribution in [0.25, 0.3) is 0 Å². The van der Waals surface area contributed by atoms with E-state index < -0.39 is 0 Å². The van der Waals surface area contributed by atoms with Crippen molar-refractivity contribution in [2.75, 3.05) is 0 Å². The maximum Gasteiger partial charge on any atom is 0.0991 e. The summed E-state index contributed by atoms with van der Waals surface area (Å²) in [5.41, 5.74) is 3.13. The molecule has 0 bridgehead atoms. The Balaban J connectivity index is 2.06. The third kappa shape index (κ3) is 3.69. The predicted molar refractivity (Wildman–Crippen MR) is 85.3 cm³/mol. The maximum atomic E-state index is 8.82. The van der Waals surface area contributed by atoms with E-state index in [-0.39, 0.29) is 12.1 Å². The Labute approximate surface area is 128 Å². The molecule has 2 aromatic rings. The molecule has 0 saturated heterocycles. The largest absolute Gasteiger partial charge is 0.304 e. The van der Waals surface area contributed by atoms with Crippen molar-refractivity contribution in [3.05, 3.63) is 69.7 Å². The summed E-state index contributed by atoms with van der Waals surface area (Å²) in [6.45, 7) is 4.29. The average molecular weight is 329 g/mol. The highest BCUT2D eigenvalue weighted by Gasteiger charge is 2.11. The Hall–Kier alpha value is -1.63. The summed E-state index contributed by atoms with van der Waals surface area (Å²) < 4.78 is 1.09. The van der Waals surface area contributed by atoms with Crippen LogP contribution in [-0.2, 0) is 0 Å². The monoisotopic (exact) mass is 328 g/mol. The van der Waals surface area contributed by atoms with E-state index in [4.69, 9.17) is 5.26 Å². The molecule has 0 radical (unpaired) electrons. The first-order valence-electron chi connectivity index (χ1n) is 6.61. The van der Waals surface area contributed by atoms with E-state index in [9.17, 15) is 0 Å². The highest BCUT2D eigenvalue weighted by molar-refractivity contribution is 9.10. The quantitative estimate of drug-likeness (QED) is 0.880. The Bertz CT molecular complexity index is 614. The molecule has 102 valence electrons. The fourth-order valence-corrected chi connectivity index (χ4v) is 2.61. The number of rotatable bonds is 4. The van der Waals surface area contributed by atoms with Crippen LogP contribution < -0.4 is 5.32 Å². The Morgan fingerprint density at radius 1 is 1.00 bits per heavy atom. The number of halogens is 1. The highest BCUT2D eigenvalue weighted by Crippen LogP contribution is 2.22. The van der Waals surface area contributed by atoms with Crippen LogP contribution in [0.15, 0.2) is 53.0 Å². The fraction of sp³-hybridized carbons (Fsp3) is 0.235. The summed E-state index contributed by atoms with van der Waals surface area (Å²) in [6.07, 6.45) is 0. The van der Waals surface area contributed by atoms with E-state index in [0.717, 1.165) is 4.47 Å². The average Bonchev–Trinajstić information content (AvgIpc) is 2.47. The second-order valence-electron chi connectivity index (χ2n) is 4.90. The number of nitrogens with one attached hydrogen (secondary N) is 1. The molecular formula is C17H17BrN2. The molecule has 0 saturated carbocycles. The molecule has 2 nitrogen and oxygen atoms in total. The molecule has 1 unspecified atom stereocenters. The van der Waals surface area contributed by atoms with Crippen molar-refractivity contribution in [3.63, 3.8) is 0 Å². The molecule has 0 amide bonds. The van der Waals surface area contributed by atoms with Gasteiger partial charge in [-0.15, -0.1) is 0 Å². The van der Waals surface area contributed by atoms with E-state index in [1.165, 1.54) is 11.1 Å². The van der Waals surface area contributed by atoms with Crippen LogP contribution in [0, 0.1) is 11.3 Å². The molecule has 2 aromatic carbocycles. The Kier molecular flexibility index (Phi) is 4.94. The lowest BCUT2D eigenvalue weighted by atomic mass is 10.0. The van der Waals surface area contributed by atoms with Crippen LogP contribution in [0.1, 0.15) is 42.6 Å². The molecule has 0 fully saturated rings. The molecule has 1 N–H and O–H groups in total. The van der Waals surface area contributed by atoms with Gasteiger partial charge in [-0.2, -0.15) is 5.26 Å². The first kappa shape index (κ1) is 14.8. The number of hydrogen-bond acceptors (Lipinski definition) is 2. The normalized spacial score (nSPS) is 13.5. The third-order valence-electron chi connectivity index (χ3n) is 3.39. The lowest BCUT2D eigenvalue weighted by Gasteiger charge is -2.21. The van der Waals surface area contributed by atoms with E-state index in [0.29, 0.717) is 5.56 Å². The molecular weight excluding hydrogens is 312 g/mol. The van der Waals surface area contributed by atoms with Crippen LogP contribution in [0.4, 0.5) is 0 Å². The second-order valence-corrected chi connectivity index (χ2v) is 5.81. The van der Waals surface area contributed by atoms with Gasteiger partial charge in [-0.05, 0) is 49.2 Å². The molecule has 20 heavy (non-hydrogen) atoms. The molecule has 0 aliphatic heterocycles. The van der Waals surface area contributed by atoms with Gasteiger partial charge >= 0.3 is 0 Å². The van der Waals surface area contributed by atoms with Crippen LogP contribution in [0.5, 0.6) is 0 Å². The first-order chi connectivity index (χ1) is 9.60. The minimum Gasteiger partial charge on any atom is -0.304 e. The van der Waals surface area contributed by atoms with Gasteiger partial charge in [0, 0.05) is 16.6 Å². The molecule has 0 aromatic heterocycles. The molecule has 0 aliphatic rings. The number of hydrogen-bond donors (Lipinski definition) is 1. The van der Waals surface area contributed by atoms with Crippen molar-refractivity contribution in [3.8, 4) is 6.07 Å². The summed E-state index contributed by atoms with van der Waals surface area (Å²) in [6, 6.07) is 18.7. The van der Waals surface area contributed by atoms with E-state index in [1.54, 1.807) is 0 Å². The Morgan fingerprint density at radius 2 is 1.65 bits per heavy atom.